The predicted molar refractivity (Wildman–Crippen MR) is 128 cm³/mol. The zero-order chi connectivity index (χ0) is 22.7. The molecule has 5 heteroatoms. The van der Waals surface area contributed by atoms with Crippen molar-refractivity contribution in [2.75, 3.05) is 19.8 Å². The minimum Gasteiger partial charge on any atom is -0.374 e. The van der Waals surface area contributed by atoms with E-state index in [1.54, 1.807) is 0 Å². The Morgan fingerprint density at radius 1 is 0.667 bits per heavy atom. The summed E-state index contributed by atoms with van der Waals surface area (Å²) in [6, 6.07) is 30.5. The van der Waals surface area contributed by atoms with Gasteiger partial charge < -0.3 is 24.7 Å². The molecule has 0 saturated carbocycles. The summed E-state index contributed by atoms with van der Waals surface area (Å²) in [4.78, 5) is 0. The molecule has 0 amide bonds. The number of hydrogen-bond acceptors (Lipinski definition) is 5. The second-order valence-corrected chi connectivity index (χ2v) is 8.39. The van der Waals surface area contributed by atoms with Crippen LogP contribution in [0.25, 0.3) is 0 Å². The molecule has 1 heterocycles. The molecule has 1 fully saturated rings. The first-order valence-electron chi connectivity index (χ1n) is 11.6. The molecular weight excluding hydrogens is 414 g/mol. The molecule has 5 nitrogen and oxygen atoms in total. The van der Waals surface area contributed by atoms with Gasteiger partial charge in [-0.3, -0.25) is 0 Å². The van der Waals surface area contributed by atoms with Gasteiger partial charge in [-0.1, -0.05) is 91.0 Å². The van der Waals surface area contributed by atoms with Crippen molar-refractivity contribution in [1.29, 1.82) is 0 Å². The minimum absolute atomic E-state index is 0.0554. The first kappa shape index (κ1) is 23.6. The Labute approximate surface area is 196 Å². The maximum atomic E-state index is 6.43. The lowest BCUT2D eigenvalue weighted by Crippen LogP contribution is -2.55. The fourth-order valence-corrected chi connectivity index (χ4v) is 4.10. The van der Waals surface area contributed by atoms with Crippen LogP contribution in [0.5, 0.6) is 0 Å². The van der Waals surface area contributed by atoms with Crippen molar-refractivity contribution < 1.29 is 18.9 Å². The molecule has 4 atom stereocenters. The molecule has 174 valence electrons. The SMILES string of the molecule is NC[C@@H]1CO[C@H](COCc2ccccc2)[C@H](OCc2ccccc2)[C@@H]1OCc1ccccc1. The van der Waals surface area contributed by atoms with E-state index in [1.165, 1.54) is 0 Å². The van der Waals surface area contributed by atoms with E-state index in [9.17, 15) is 0 Å². The smallest absolute Gasteiger partial charge is 0.113 e. The Hall–Kier alpha value is -2.54. The number of rotatable bonds is 11. The Balaban J connectivity index is 1.45. The maximum Gasteiger partial charge on any atom is 0.113 e. The Kier molecular flexibility index (Phi) is 9.04. The van der Waals surface area contributed by atoms with Gasteiger partial charge in [0, 0.05) is 5.92 Å². The van der Waals surface area contributed by atoms with Crippen molar-refractivity contribution >= 4 is 0 Å². The van der Waals surface area contributed by atoms with E-state index in [-0.39, 0.29) is 24.2 Å². The number of hydrogen-bond donors (Lipinski definition) is 1. The molecule has 1 aliphatic heterocycles. The average Bonchev–Trinajstić information content (AvgIpc) is 2.88. The van der Waals surface area contributed by atoms with E-state index in [2.05, 4.69) is 36.4 Å². The van der Waals surface area contributed by atoms with Crippen LogP contribution in [0, 0.1) is 5.92 Å². The van der Waals surface area contributed by atoms with Crippen LogP contribution in [-0.4, -0.2) is 38.1 Å². The van der Waals surface area contributed by atoms with Crippen LogP contribution < -0.4 is 5.73 Å². The number of nitrogens with two attached hydrogens (primary N) is 1. The van der Waals surface area contributed by atoms with Crippen molar-refractivity contribution in [3.05, 3.63) is 108 Å². The lowest BCUT2D eigenvalue weighted by molar-refractivity contribution is -0.218. The highest BCUT2D eigenvalue weighted by molar-refractivity contribution is 5.15. The molecule has 33 heavy (non-hydrogen) atoms. The van der Waals surface area contributed by atoms with E-state index in [0.29, 0.717) is 39.6 Å². The summed E-state index contributed by atoms with van der Waals surface area (Å²) in [5.74, 6) is 0.0554. The van der Waals surface area contributed by atoms with Gasteiger partial charge in [0.05, 0.1) is 39.1 Å². The second-order valence-electron chi connectivity index (χ2n) is 8.39. The molecule has 0 aliphatic carbocycles. The molecule has 3 aromatic carbocycles. The zero-order valence-corrected chi connectivity index (χ0v) is 18.9. The highest BCUT2D eigenvalue weighted by Crippen LogP contribution is 2.28. The fourth-order valence-electron chi connectivity index (χ4n) is 4.10. The van der Waals surface area contributed by atoms with Crippen molar-refractivity contribution in [3.8, 4) is 0 Å². The lowest BCUT2D eigenvalue weighted by atomic mass is 9.92. The molecule has 0 bridgehead atoms. The molecule has 1 saturated heterocycles. The molecule has 1 aliphatic rings. The lowest BCUT2D eigenvalue weighted by Gasteiger charge is -2.42. The van der Waals surface area contributed by atoms with Crippen molar-refractivity contribution in [2.45, 2.75) is 38.1 Å². The average molecular weight is 448 g/mol. The highest BCUT2D eigenvalue weighted by atomic mass is 16.6. The van der Waals surface area contributed by atoms with E-state index in [1.807, 2.05) is 54.6 Å². The molecule has 2 N–H and O–H groups in total. The van der Waals surface area contributed by atoms with Crippen LogP contribution in [0.1, 0.15) is 16.7 Å². The second kappa shape index (κ2) is 12.6. The minimum atomic E-state index is -0.285. The van der Waals surface area contributed by atoms with E-state index < -0.39 is 0 Å². The summed E-state index contributed by atoms with van der Waals surface area (Å²) in [5, 5.41) is 0. The van der Waals surface area contributed by atoms with E-state index in [0.717, 1.165) is 16.7 Å². The van der Waals surface area contributed by atoms with E-state index >= 15 is 0 Å². The summed E-state index contributed by atoms with van der Waals surface area (Å²) >= 11 is 0. The van der Waals surface area contributed by atoms with Gasteiger partial charge in [-0.25, -0.2) is 0 Å². The van der Waals surface area contributed by atoms with Gasteiger partial charge >= 0.3 is 0 Å². The van der Waals surface area contributed by atoms with Gasteiger partial charge in [-0.2, -0.15) is 0 Å². The summed E-state index contributed by atoms with van der Waals surface area (Å²) in [7, 11) is 0. The van der Waals surface area contributed by atoms with Gasteiger partial charge in [0.2, 0.25) is 0 Å². The van der Waals surface area contributed by atoms with E-state index in [4.69, 9.17) is 24.7 Å². The normalized spacial score (nSPS) is 22.8. The Bertz CT molecular complexity index is 922. The van der Waals surface area contributed by atoms with Crippen molar-refractivity contribution in [3.63, 3.8) is 0 Å². The first-order valence-corrected chi connectivity index (χ1v) is 11.6. The zero-order valence-electron chi connectivity index (χ0n) is 18.9. The molecular formula is C28H33NO4. The van der Waals surface area contributed by atoms with Crippen LogP contribution in [0.2, 0.25) is 0 Å². The third-order valence-corrected chi connectivity index (χ3v) is 5.95. The molecule has 0 unspecified atom stereocenters. The molecule has 4 rings (SSSR count). The molecule has 0 spiro atoms. The summed E-state index contributed by atoms with van der Waals surface area (Å²) in [6.07, 6.45) is -0.703. The van der Waals surface area contributed by atoms with Crippen molar-refractivity contribution in [2.24, 2.45) is 11.7 Å². The topological polar surface area (TPSA) is 62.9 Å². The molecule has 0 aromatic heterocycles. The van der Waals surface area contributed by atoms with Crippen LogP contribution in [-0.2, 0) is 38.8 Å². The van der Waals surface area contributed by atoms with Gasteiger partial charge in [0.25, 0.3) is 0 Å². The highest BCUT2D eigenvalue weighted by Gasteiger charge is 2.41. The third-order valence-electron chi connectivity index (χ3n) is 5.95. The largest absolute Gasteiger partial charge is 0.374 e. The fraction of sp³-hybridized carbons (Fsp3) is 0.357. The van der Waals surface area contributed by atoms with Gasteiger partial charge in [0.15, 0.2) is 0 Å². The van der Waals surface area contributed by atoms with Crippen LogP contribution in [0.15, 0.2) is 91.0 Å². The Morgan fingerprint density at radius 2 is 1.15 bits per heavy atom. The quantitative estimate of drug-likeness (QED) is 0.474. The number of ether oxygens (including phenoxy) is 4. The monoisotopic (exact) mass is 447 g/mol. The molecule has 3 aromatic rings. The first-order chi connectivity index (χ1) is 16.3. The Morgan fingerprint density at radius 3 is 1.67 bits per heavy atom. The van der Waals surface area contributed by atoms with Gasteiger partial charge in [-0.15, -0.1) is 0 Å². The van der Waals surface area contributed by atoms with Crippen molar-refractivity contribution in [1.82, 2.24) is 0 Å². The summed E-state index contributed by atoms with van der Waals surface area (Å²) in [6.45, 7) is 2.94. The summed E-state index contributed by atoms with van der Waals surface area (Å²) in [5.41, 5.74) is 9.47. The summed E-state index contributed by atoms with van der Waals surface area (Å²) < 4.78 is 25.1. The maximum absolute atomic E-state index is 6.43. The third kappa shape index (κ3) is 6.97. The van der Waals surface area contributed by atoms with Gasteiger partial charge in [-0.05, 0) is 23.2 Å². The standard InChI is InChI=1S/C28H33NO4/c29-16-25-20-31-26(21-30-17-22-10-4-1-5-11-22)28(33-19-24-14-8-3-9-15-24)27(25)32-18-23-12-6-2-7-13-23/h1-15,25-28H,16-21,29H2/t25-,26-,27-,28+/m1/s1. The predicted octanol–water partition coefficient (Wildman–Crippen LogP) is 4.35. The van der Waals surface area contributed by atoms with Crippen LogP contribution in [0.4, 0.5) is 0 Å². The van der Waals surface area contributed by atoms with Crippen LogP contribution >= 0.6 is 0 Å². The van der Waals surface area contributed by atoms with Crippen LogP contribution in [0.3, 0.4) is 0 Å². The number of benzene rings is 3. The molecule has 0 radical (unpaired) electrons. The van der Waals surface area contributed by atoms with Gasteiger partial charge in [0.1, 0.15) is 12.2 Å².